The molecule has 1 aromatic heterocycles. The second-order valence-corrected chi connectivity index (χ2v) is 3.49. The van der Waals surface area contributed by atoms with Crippen molar-refractivity contribution < 1.29 is 0 Å². The Morgan fingerprint density at radius 1 is 1.43 bits per heavy atom. The summed E-state index contributed by atoms with van der Waals surface area (Å²) in [6, 6.07) is 2.22. The molecule has 1 heterocycles. The summed E-state index contributed by atoms with van der Waals surface area (Å²) in [5.41, 5.74) is 4.00. The first-order valence-electron chi connectivity index (χ1n) is 4.89. The molecule has 1 rings (SSSR count). The lowest BCUT2D eigenvalue weighted by Gasteiger charge is -2.02. The lowest BCUT2D eigenvalue weighted by molar-refractivity contribution is 0.755. The highest BCUT2D eigenvalue weighted by Crippen LogP contribution is 2.12. The molecular weight excluding hydrogens is 172 g/mol. The number of aromatic nitrogens is 1. The van der Waals surface area contributed by atoms with Gasteiger partial charge in [-0.05, 0) is 32.4 Å². The highest BCUT2D eigenvalue weighted by molar-refractivity contribution is 5.26. The van der Waals surface area contributed by atoms with Crippen LogP contribution in [0.2, 0.25) is 0 Å². The zero-order chi connectivity index (χ0) is 10.6. The number of hydrogen-bond acceptors (Lipinski definition) is 1. The number of rotatable bonds is 3. The molecule has 0 bridgehead atoms. The van der Waals surface area contributed by atoms with Crippen LogP contribution in [0.4, 0.5) is 0 Å². The minimum Gasteiger partial charge on any atom is -0.352 e. The first kappa shape index (κ1) is 10.9. The summed E-state index contributed by atoms with van der Waals surface area (Å²) in [5.74, 6) is 5.86. The lowest BCUT2D eigenvalue weighted by Crippen LogP contribution is -2.13. The van der Waals surface area contributed by atoms with Crippen molar-refractivity contribution in [3.8, 4) is 11.8 Å². The van der Waals surface area contributed by atoms with Crippen LogP contribution in [0.5, 0.6) is 0 Å². The molecule has 14 heavy (non-hydrogen) atoms. The van der Waals surface area contributed by atoms with E-state index in [4.69, 9.17) is 0 Å². The topological polar surface area (TPSA) is 17.0 Å². The van der Waals surface area contributed by atoms with Crippen molar-refractivity contribution in [2.75, 3.05) is 6.54 Å². The molecule has 0 aliphatic carbocycles. The van der Waals surface area contributed by atoms with Gasteiger partial charge in [0.25, 0.3) is 0 Å². The first-order chi connectivity index (χ1) is 6.66. The summed E-state index contributed by atoms with van der Waals surface area (Å²) in [4.78, 5) is 0. The fraction of sp³-hybridized carbons (Fsp3) is 0.500. The molecule has 0 saturated heterocycles. The van der Waals surface area contributed by atoms with Crippen LogP contribution in [-0.4, -0.2) is 11.1 Å². The Kier molecular flexibility index (Phi) is 3.79. The van der Waals surface area contributed by atoms with Crippen LogP contribution in [-0.2, 0) is 13.6 Å². The maximum Gasteiger partial charge on any atom is 0.0579 e. The molecule has 0 saturated carbocycles. The van der Waals surface area contributed by atoms with Gasteiger partial charge in [-0.15, -0.1) is 5.92 Å². The summed E-state index contributed by atoms with van der Waals surface area (Å²) in [6.07, 6.45) is 0. The van der Waals surface area contributed by atoms with Crippen LogP contribution in [0.25, 0.3) is 0 Å². The summed E-state index contributed by atoms with van der Waals surface area (Å²) < 4.78 is 2.21. The summed E-state index contributed by atoms with van der Waals surface area (Å²) in [5, 5.41) is 3.30. The van der Waals surface area contributed by atoms with E-state index >= 15 is 0 Å². The molecule has 76 valence electrons. The molecule has 0 aliphatic heterocycles. The minimum atomic E-state index is 0.768. The molecule has 0 spiro atoms. The summed E-state index contributed by atoms with van der Waals surface area (Å²) in [6.45, 7) is 7.81. The molecule has 2 nitrogen and oxygen atoms in total. The van der Waals surface area contributed by atoms with Gasteiger partial charge in [-0.25, -0.2) is 0 Å². The van der Waals surface area contributed by atoms with Gasteiger partial charge in [0.2, 0.25) is 0 Å². The van der Waals surface area contributed by atoms with Crippen LogP contribution in [0.3, 0.4) is 0 Å². The van der Waals surface area contributed by atoms with Gasteiger partial charge >= 0.3 is 0 Å². The van der Waals surface area contributed by atoms with Gasteiger partial charge in [0.05, 0.1) is 6.54 Å². The minimum absolute atomic E-state index is 0.768. The van der Waals surface area contributed by atoms with Crippen molar-refractivity contribution in [2.45, 2.75) is 27.3 Å². The van der Waals surface area contributed by atoms with E-state index in [-0.39, 0.29) is 0 Å². The molecule has 0 fully saturated rings. The standard InChI is InChI=1S/C12H18N2/c1-5-6-7-13-9-12-8-10(2)14(4)11(12)3/h8,13H,7,9H2,1-4H3. The fourth-order valence-corrected chi connectivity index (χ4v) is 1.46. The van der Waals surface area contributed by atoms with Crippen LogP contribution in [0.15, 0.2) is 6.07 Å². The van der Waals surface area contributed by atoms with Gasteiger partial charge in [-0.3, -0.25) is 0 Å². The second kappa shape index (κ2) is 4.88. The van der Waals surface area contributed by atoms with Gasteiger partial charge in [0, 0.05) is 25.0 Å². The summed E-state index contributed by atoms with van der Waals surface area (Å²) in [7, 11) is 2.10. The van der Waals surface area contributed by atoms with E-state index in [1.165, 1.54) is 17.0 Å². The average molecular weight is 190 g/mol. The van der Waals surface area contributed by atoms with E-state index < -0.39 is 0 Å². The number of aryl methyl sites for hydroxylation is 1. The van der Waals surface area contributed by atoms with E-state index in [2.05, 4.69) is 48.7 Å². The second-order valence-electron chi connectivity index (χ2n) is 3.49. The van der Waals surface area contributed by atoms with Gasteiger partial charge in [0.1, 0.15) is 0 Å². The molecular formula is C12H18N2. The molecule has 2 heteroatoms. The zero-order valence-corrected chi connectivity index (χ0v) is 9.44. The van der Waals surface area contributed by atoms with Crippen molar-refractivity contribution in [3.05, 3.63) is 23.0 Å². The van der Waals surface area contributed by atoms with E-state index in [1.807, 2.05) is 6.92 Å². The zero-order valence-electron chi connectivity index (χ0n) is 9.44. The Bertz CT molecular complexity index is 364. The number of nitrogens with zero attached hydrogens (tertiary/aromatic N) is 1. The predicted molar refractivity (Wildman–Crippen MR) is 60.0 cm³/mol. The Labute approximate surface area is 86.3 Å². The third kappa shape index (κ3) is 2.40. The SMILES string of the molecule is CC#CCNCc1cc(C)n(C)c1C. The average Bonchev–Trinajstić information content (AvgIpc) is 2.41. The van der Waals surface area contributed by atoms with Crippen LogP contribution < -0.4 is 5.32 Å². The molecule has 0 unspecified atom stereocenters. The maximum atomic E-state index is 3.30. The molecule has 1 N–H and O–H groups in total. The van der Waals surface area contributed by atoms with Crippen molar-refractivity contribution in [3.63, 3.8) is 0 Å². The Balaban J connectivity index is 2.57. The quantitative estimate of drug-likeness (QED) is 0.567. The molecule has 0 amide bonds. The highest BCUT2D eigenvalue weighted by atomic mass is 15.0. The number of nitrogens with one attached hydrogen (secondary N) is 1. The maximum absolute atomic E-state index is 3.30. The Morgan fingerprint density at radius 2 is 2.14 bits per heavy atom. The molecule has 1 aromatic rings. The molecule has 0 radical (unpaired) electrons. The number of hydrogen-bond donors (Lipinski definition) is 1. The third-order valence-electron chi connectivity index (χ3n) is 2.59. The van der Waals surface area contributed by atoms with Crippen molar-refractivity contribution >= 4 is 0 Å². The Hall–Kier alpha value is -1.20. The highest BCUT2D eigenvalue weighted by Gasteiger charge is 2.04. The van der Waals surface area contributed by atoms with Crippen molar-refractivity contribution in [1.82, 2.24) is 9.88 Å². The van der Waals surface area contributed by atoms with Crippen LogP contribution in [0.1, 0.15) is 23.9 Å². The van der Waals surface area contributed by atoms with Crippen molar-refractivity contribution in [2.24, 2.45) is 7.05 Å². The van der Waals surface area contributed by atoms with E-state index in [0.29, 0.717) is 0 Å². The molecule has 0 atom stereocenters. The van der Waals surface area contributed by atoms with Gasteiger partial charge in [0.15, 0.2) is 0 Å². The molecule has 0 aliphatic rings. The van der Waals surface area contributed by atoms with Gasteiger partial charge in [-0.1, -0.05) is 5.92 Å². The molecule has 0 aromatic carbocycles. The Morgan fingerprint density at radius 3 is 2.64 bits per heavy atom. The summed E-state index contributed by atoms with van der Waals surface area (Å²) >= 11 is 0. The van der Waals surface area contributed by atoms with E-state index in [9.17, 15) is 0 Å². The normalized spacial score (nSPS) is 9.71. The monoisotopic (exact) mass is 190 g/mol. The van der Waals surface area contributed by atoms with Crippen molar-refractivity contribution in [1.29, 1.82) is 0 Å². The van der Waals surface area contributed by atoms with Crippen LogP contribution in [0, 0.1) is 25.7 Å². The largest absolute Gasteiger partial charge is 0.352 e. The lowest BCUT2D eigenvalue weighted by atomic mass is 10.2. The van der Waals surface area contributed by atoms with Crippen LogP contribution >= 0.6 is 0 Å². The van der Waals surface area contributed by atoms with E-state index in [0.717, 1.165) is 13.1 Å². The smallest absolute Gasteiger partial charge is 0.0579 e. The van der Waals surface area contributed by atoms with E-state index in [1.54, 1.807) is 0 Å². The van der Waals surface area contributed by atoms with Gasteiger partial charge < -0.3 is 9.88 Å². The predicted octanol–water partition coefficient (Wildman–Crippen LogP) is 1.75. The third-order valence-corrected chi connectivity index (χ3v) is 2.59. The van der Waals surface area contributed by atoms with Gasteiger partial charge in [-0.2, -0.15) is 0 Å². The first-order valence-corrected chi connectivity index (χ1v) is 4.89. The fourth-order valence-electron chi connectivity index (χ4n) is 1.46.